The minimum atomic E-state index is -0.481. The summed E-state index contributed by atoms with van der Waals surface area (Å²) in [5.41, 5.74) is 0.814. The smallest absolute Gasteiger partial charge is 0.122 e. The molecule has 0 spiro atoms. The van der Waals surface area contributed by atoms with Gasteiger partial charge in [-0.25, -0.2) is 0 Å². The molecule has 3 unspecified atom stereocenters. The molecule has 0 aromatic heterocycles. The molecule has 0 saturated carbocycles. The van der Waals surface area contributed by atoms with E-state index in [4.69, 9.17) is 4.74 Å². The number of para-hydroxylation sites is 1. The quantitative estimate of drug-likeness (QED) is 0.899. The van der Waals surface area contributed by atoms with Gasteiger partial charge in [-0.2, -0.15) is 0 Å². The average molecular weight is 273 g/mol. The molecule has 0 aliphatic carbocycles. The van der Waals surface area contributed by atoms with Crippen molar-refractivity contribution in [3.05, 3.63) is 29.8 Å². The summed E-state index contributed by atoms with van der Waals surface area (Å²) in [5.74, 6) is 1.47. The predicted octanol–water partition coefficient (Wildman–Crippen LogP) is 2.54. The molecule has 0 amide bonds. The number of hydrogen-bond acceptors (Lipinski definition) is 3. The molecule has 2 fully saturated rings. The third-order valence-electron chi connectivity index (χ3n) is 5.50. The van der Waals surface area contributed by atoms with E-state index in [1.165, 1.54) is 24.9 Å². The molecule has 3 heterocycles. The minimum absolute atomic E-state index is 0.400. The first-order valence-electron chi connectivity index (χ1n) is 7.94. The fourth-order valence-electron chi connectivity index (χ4n) is 4.50. The van der Waals surface area contributed by atoms with Gasteiger partial charge < -0.3 is 9.84 Å². The zero-order chi connectivity index (χ0) is 13.6. The van der Waals surface area contributed by atoms with Crippen LogP contribution in [-0.4, -0.2) is 41.3 Å². The summed E-state index contributed by atoms with van der Waals surface area (Å²) in [7, 11) is 0. The van der Waals surface area contributed by atoms with Crippen molar-refractivity contribution in [2.24, 2.45) is 0 Å². The number of hydrogen-bond donors (Lipinski definition) is 1. The molecule has 1 N–H and O–H groups in total. The van der Waals surface area contributed by atoms with Gasteiger partial charge in [-0.3, -0.25) is 4.90 Å². The Morgan fingerprint density at radius 1 is 1.25 bits per heavy atom. The number of nitrogens with zero attached hydrogens (tertiary/aromatic N) is 1. The SMILES string of the molecule is OC1(CC2CCOc3ccccc32)CCN2CCCC21. The fourth-order valence-corrected chi connectivity index (χ4v) is 4.50. The number of ether oxygens (including phenoxy) is 1. The third-order valence-corrected chi connectivity index (χ3v) is 5.50. The molecule has 108 valence electrons. The summed E-state index contributed by atoms with van der Waals surface area (Å²) < 4.78 is 5.75. The molecule has 0 bridgehead atoms. The Hall–Kier alpha value is -1.06. The number of benzene rings is 1. The van der Waals surface area contributed by atoms with Gasteiger partial charge in [-0.05, 0) is 56.2 Å². The van der Waals surface area contributed by atoms with Crippen molar-refractivity contribution in [1.82, 2.24) is 4.90 Å². The summed E-state index contributed by atoms with van der Waals surface area (Å²) in [6.45, 7) is 3.04. The van der Waals surface area contributed by atoms with E-state index in [-0.39, 0.29) is 0 Å². The molecule has 3 atom stereocenters. The minimum Gasteiger partial charge on any atom is -0.493 e. The molecule has 1 aromatic carbocycles. The lowest BCUT2D eigenvalue weighted by Gasteiger charge is -2.35. The molecule has 3 heteroatoms. The van der Waals surface area contributed by atoms with Gasteiger partial charge in [-0.1, -0.05) is 18.2 Å². The maximum Gasteiger partial charge on any atom is 0.122 e. The summed E-state index contributed by atoms with van der Waals surface area (Å²) in [4.78, 5) is 2.49. The normalized spacial score (nSPS) is 36.5. The number of aliphatic hydroxyl groups is 1. The fraction of sp³-hybridized carbons (Fsp3) is 0.647. The van der Waals surface area contributed by atoms with Gasteiger partial charge in [0.1, 0.15) is 5.75 Å². The average Bonchev–Trinajstić information content (AvgIpc) is 3.05. The summed E-state index contributed by atoms with van der Waals surface area (Å²) in [5, 5.41) is 11.2. The molecule has 0 radical (unpaired) electrons. The number of rotatable bonds is 2. The zero-order valence-electron chi connectivity index (χ0n) is 11.9. The van der Waals surface area contributed by atoms with Crippen molar-refractivity contribution in [2.45, 2.75) is 49.7 Å². The second-order valence-electron chi connectivity index (χ2n) is 6.62. The van der Waals surface area contributed by atoms with Gasteiger partial charge in [0, 0.05) is 12.6 Å². The monoisotopic (exact) mass is 273 g/mol. The second kappa shape index (κ2) is 4.74. The van der Waals surface area contributed by atoms with Crippen LogP contribution < -0.4 is 4.74 Å². The maximum absolute atomic E-state index is 11.2. The molecule has 3 aliphatic heterocycles. The Balaban J connectivity index is 1.58. The molecule has 20 heavy (non-hydrogen) atoms. The van der Waals surface area contributed by atoms with Gasteiger partial charge >= 0.3 is 0 Å². The van der Waals surface area contributed by atoms with Gasteiger partial charge in [0.15, 0.2) is 0 Å². The van der Waals surface area contributed by atoms with E-state index < -0.39 is 5.60 Å². The van der Waals surface area contributed by atoms with Crippen LogP contribution in [-0.2, 0) is 0 Å². The van der Waals surface area contributed by atoms with E-state index in [0.717, 1.165) is 38.2 Å². The van der Waals surface area contributed by atoms with Crippen LogP contribution in [0.4, 0.5) is 0 Å². The lowest BCUT2D eigenvalue weighted by Crippen LogP contribution is -2.42. The lowest BCUT2D eigenvalue weighted by atomic mass is 9.78. The maximum atomic E-state index is 11.2. The standard InChI is InChI=1S/C17H23NO2/c19-17(8-10-18-9-3-6-16(17)18)12-13-7-11-20-15-5-2-1-4-14(13)15/h1-2,4-5,13,16,19H,3,6-12H2. The third kappa shape index (κ3) is 1.95. The summed E-state index contributed by atoms with van der Waals surface area (Å²) >= 11 is 0. The van der Waals surface area contributed by atoms with Crippen LogP contribution in [0.15, 0.2) is 24.3 Å². The van der Waals surface area contributed by atoms with Crippen LogP contribution in [0.25, 0.3) is 0 Å². The van der Waals surface area contributed by atoms with Gasteiger partial charge in [0.25, 0.3) is 0 Å². The van der Waals surface area contributed by atoms with E-state index >= 15 is 0 Å². The van der Waals surface area contributed by atoms with Crippen LogP contribution in [0.3, 0.4) is 0 Å². The topological polar surface area (TPSA) is 32.7 Å². The Morgan fingerprint density at radius 2 is 2.15 bits per heavy atom. The summed E-state index contributed by atoms with van der Waals surface area (Å²) in [6.07, 6.45) is 5.29. The zero-order valence-corrected chi connectivity index (χ0v) is 11.9. The highest BCUT2D eigenvalue weighted by atomic mass is 16.5. The second-order valence-corrected chi connectivity index (χ2v) is 6.62. The highest BCUT2D eigenvalue weighted by Crippen LogP contribution is 2.45. The molecule has 3 aliphatic rings. The van der Waals surface area contributed by atoms with E-state index in [2.05, 4.69) is 23.1 Å². The van der Waals surface area contributed by atoms with Gasteiger partial charge in [-0.15, -0.1) is 0 Å². The highest BCUT2D eigenvalue weighted by molar-refractivity contribution is 5.38. The van der Waals surface area contributed by atoms with Gasteiger partial charge in [0.05, 0.1) is 12.2 Å². The van der Waals surface area contributed by atoms with E-state index in [1.54, 1.807) is 0 Å². The molecule has 3 nitrogen and oxygen atoms in total. The number of fused-ring (bicyclic) bond motifs is 2. The van der Waals surface area contributed by atoms with Crippen molar-refractivity contribution in [1.29, 1.82) is 0 Å². The van der Waals surface area contributed by atoms with Gasteiger partial charge in [0.2, 0.25) is 0 Å². The van der Waals surface area contributed by atoms with Crippen LogP contribution in [0.2, 0.25) is 0 Å². The van der Waals surface area contributed by atoms with Crippen molar-refractivity contribution < 1.29 is 9.84 Å². The summed E-state index contributed by atoms with van der Waals surface area (Å²) in [6, 6.07) is 8.74. The molecular weight excluding hydrogens is 250 g/mol. The van der Waals surface area contributed by atoms with Crippen molar-refractivity contribution >= 4 is 0 Å². The lowest BCUT2D eigenvalue weighted by molar-refractivity contribution is -0.00350. The van der Waals surface area contributed by atoms with Crippen molar-refractivity contribution in [3.8, 4) is 5.75 Å². The first-order chi connectivity index (χ1) is 9.76. The van der Waals surface area contributed by atoms with E-state index in [9.17, 15) is 5.11 Å². The van der Waals surface area contributed by atoms with E-state index in [1.807, 2.05) is 6.07 Å². The van der Waals surface area contributed by atoms with Crippen molar-refractivity contribution in [2.75, 3.05) is 19.7 Å². The Kier molecular flexibility index (Phi) is 3.00. The van der Waals surface area contributed by atoms with Crippen LogP contribution >= 0.6 is 0 Å². The molecule has 4 rings (SSSR count). The Morgan fingerprint density at radius 3 is 3.10 bits per heavy atom. The van der Waals surface area contributed by atoms with Crippen molar-refractivity contribution in [3.63, 3.8) is 0 Å². The predicted molar refractivity (Wildman–Crippen MR) is 78.1 cm³/mol. The molecule has 2 saturated heterocycles. The largest absolute Gasteiger partial charge is 0.493 e. The van der Waals surface area contributed by atoms with Crippen LogP contribution in [0, 0.1) is 0 Å². The Bertz CT molecular complexity index is 504. The van der Waals surface area contributed by atoms with E-state index in [0.29, 0.717) is 12.0 Å². The van der Waals surface area contributed by atoms with Crippen LogP contribution in [0.1, 0.15) is 43.6 Å². The van der Waals surface area contributed by atoms with Crippen LogP contribution in [0.5, 0.6) is 5.75 Å². The first-order valence-corrected chi connectivity index (χ1v) is 7.94. The molecule has 1 aromatic rings. The molecular formula is C17H23NO2. The Labute approximate surface area is 120 Å². The first kappa shape index (κ1) is 12.7. The highest BCUT2D eigenvalue weighted by Gasteiger charge is 2.49.